The van der Waals surface area contributed by atoms with Gasteiger partial charge in [-0.05, 0) is 37.6 Å². The Morgan fingerprint density at radius 2 is 1.71 bits per heavy atom. The Labute approximate surface area is 199 Å². The van der Waals surface area contributed by atoms with Crippen LogP contribution in [0.15, 0.2) is 47.4 Å². The van der Waals surface area contributed by atoms with Crippen LogP contribution in [-0.4, -0.2) is 69.2 Å². The highest BCUT2D eigenvalue weighted by Gasteiger charge is 2.30. The number of ether oxygens (including phenoxy) is 2. The lowest BCUT2D eigenvalue weighted by molar-refractivity contribution is -0.132. The highest BCUT2D eigenvalue weighted by atomic mass is 32.2. The first-order valence-corrected chi connectivity index (χ1v) is 12.3. The van der Waals surface area contributed by atoms with Gasteiger partial charge in [0.15, 0.2) is 17.3 Å². The fourth-order valence-corrected chi connectivity index (χ4v) is 5.03. The molecule has 1 saturated heterocycles. The summed E-state index contributed by atoms with van der Waals surface area (Å²) in [5.41, 5.74) is 0.921. The van der Waals surface area contributed by atoms with Crippen molar-refractivity contribution in [2.75, 3.05) is 39.9 Å². The summed E-state index contributed by atoms with van der Waals surface area (Å²) in [7, 11) is -2.19. The second-order valence-corrected chi connectivity index (χ2v) is 9.73. The Hall–Kier alpha value is -3.42. The third-order valence-electron chi connectivity index (χ3n) is 5.58. The maximum Gasteiger partial charge on any atom is 0.243 e. The second kappa shape index (κ2) is 11.1. The van der Waals surface area contributed by atoms with Gasteiger partial charge in [0.2, 0.25) is 15.9 Å². The van der Waals surface area contributed by atoms with Crippen molar-refractivity contribution in [3.63, 3.8) is 0 Å². The highest BCUT2D eigenvalue weighted by molar-refractivity contribution is 7.89. The lowest BCUT2D eigenvalue weighted by atomic mass is 10.2. The van der Waals surface area contributed by atoms with Crippen molar-refractivity contribution in [3.05, 3.63) is 53.6 Å². The number of piperazine rings is 1. The first kappa shape index (κ1) is 25.2. The first-order valence-electron chi connectivity index (χ1n) is 10.9. The number of sulfonamides is 1. The van der Waals surface area contributed by atoms with Gasteiger partial charge in [-0.3, -0.25) is 9.59 Å². The lowest BCUT2D eigenvalue weighted by Gasteiger charge is -2.34. The molecule has 1 amide bonds. The third-order valence-corrected chi connectivity index (χ3v) is 7.49. The molecule has 1 heterocycles. The van der Waals surface area contributed by atoms with Crippen molar-refractivity contribution in [1.82, 2.24) is 9.21 Å². The molecule has 10 heteroatoms. The zero-order valence-corrected chi connectivity index (χ0v) is 20.0. The van der Waals surface area contributed by atoms with Crippen molar-refractivity contribution in [2.45, 2.75) is 24.7 Å². The number of carbonyl (C=O) groups excluding carboxylic acids is 2. The monoisotopic (exact) mass is 485 g/mol. The Kier molecular flexibility index (Phi) is 8.26. The minimum Gasteiger partial charge on any atom is -0.493 e. The zero-order valence-electron chi connectivity index (χ0n) is 19.2. The van der Waals surface area contributed by atoms with Gasteiger partial charge in [0.1, 0.15) is 0 Å². The molecule has 0 bridgehead atoms. The number of benzene rings is 2. The van der Waals surface area contributed by atoms with Gasteiger partial charge < -0.3 is 14.4 Å². The molecule has 1 aliphatic heterocycles. The van der Waals surface area contributed by atoms with Gasteiger partial charge in [0.25, 0.3) is 0 Å². The molecule has 2 aromatic carbocycles. The smallest absolute Gasteiger partial charge is 0.243 e. The molecule has 2 aromatic rings. The van der Waals surface area contributed by atoms with Crippen LogP contribution in [-0.2, 0) is 14.8 Å². The average molecular weight is 486 g/mol. The van der Waals surface area contributed by atoms with Crippen molar-refractivity contribution in [3.8, 4) is 17.6 Å². The van der Waals surface area contributed by atoms with Crippen LogP contribution in [0.4, 0.5) is 0 Å². The van der Waals surface area contributed by atoms with E-state index in [-0.39, 0.29) is 36.1 Å². The van der Waals surface area contributed by atoms with Crippen molar-refractivity contribution in [1.29, 1.82) is 5.26 Å². The predicted octanol–water partition coefficient (Wildman–Crippen LogP) is 2.46. The number of rotatable bonds is 9. The van der Waals surface area contributed by atoms with Crippen LogP contribution in [0.2, 0.25) is 0 Å². The van der Waals surface area contributed by atoms with E-state index in [1.54, 1.807) is 23.1 Å². The van der Waals surface area contributed by atoms with Crippen LogP contribution in [0, 0.1) is 11.3 Å². The minimum atomic E-state index is -3.68. The van der Waals surface area contributed by atoms with Gasteiger partial charge in [-0.2, -0.15) is 9.57 Å². The molecule has 0 unspecified atom stereocenters. The van der Waals surface area contributed by atoms with E-state index < -0.39 is 10.0 Å². The molecule has 1 aliphatic rings. The molecule has 3 rings (SSSR count). The topological polar surface area (TPSA) is 117 Å². The maximum atomic E-state index is 12.9. The zero-order chi connectivity index (χ0) is 24.7. The summed E-state index contributed by atoms with van der Waals surface area (Å²) < 4.78 is 38.0. The molecule has 0 atom stereocenters. The molecule has 0 N–H and O–H groups in total. The number of methoxy groups -OCH3 is 1. The number of carbonyl (C=O) groups is 2. The van der Waals surface area contributed by atoms with E-state index in [1.807, 2.05) is 6.07 Å². The van der Waals surface area contributed by atoms with Crippen LogP contribution < -0.4 is 9.47 Å². The Bertz CT molecular complexity index is 1180. The van der Waals surface area contributed by atoms with E-state index in [0.717, 1.165) is 0 Å². The first-order chi connectivity index (χ1) is 16.3. The minimum absolute atomic E-state index is 0.0572. The number of ketones is 1. The van der Waals surface area contributed by atoms with Crippen LogP contribution in [0.3, 0.4) is 0 Å². The van der Waals surface area contributed by atoms with Gasteiger partial charge in [0, 0.05) is 44.2 Å². The molecule has 0 saturated carbocycles. The summed E-state index contributed by atoms with van der Waals surface area (Å²) in [6, 6.07) is 12.8. The summed E-state index contributed by atoms with van der Waals surface area (Å²) in [6.45, 7) is 2.78. The summed E-state index contributed by atoms with van der Waals surface area (Å²) >= 11 is 0. The standard InChI is InChI=1S/C24H27N3O6S/c1-18(28)20-6-8-21(9-7-20)34(30,31)27-13-11-26(12-14-27)24(29)4-3-15-33-22-10-5-19(17-25)16-23(22)32-2/h5-10,16H,3-4,11-15H2,1-2H3. The molecule has 0 aromatic heterocycles. The van der Waals surface area contributed by atoms with Gasteiger partial charge >= 0.3 is 0 Å². The SMILES string of the molecule is COc1cc(C#N)ccc1OCCCC(=O)N1CCN(S(=O)(=O)c2ccc(C(C)=O)cc2)CC1. The molecule has 0 spiro atoms. The molecular weight excluding hydrogens is 458 g/mol. The normalized spacial score (nSPS) is 14.3. The Balaban J connectivity index is 1.46. The third kappa shape index (κ3) is 5.92. The lowest BCUT2D eigenvalue weighted by Crippen LogP contribution is -2.50. The van der Waals surface area contributed by atoms with Crippen molar-refractivity contribution in [2.24, 2.45) is 0 Å². The van der Waals surface area contributed by atoms with Crippen molar-refractivity contribution < 1.29 is 27.5 Å². The maximum absolute atomic E-state index is 12.9. The van der Waals surface area contributed by atoms with E-state index in [0.29, 0.717) is 48.7 Å². The van der Waals surface area contributed by atoms with Gasteiger partial charge in [-0.15, -0.1) is 0 Å². The van der Waals surface area contributed by atoms with Gasteiger partial charge in [-0.25, -0.2) is 8.42 Å². The molecule has 0 radical (unpaired) electrons. The van der Waals surface area contributed by atoms with Crippen molar-refractivity contribution >= 4 is 21.7 Å². The second-order valence-electron chi connectivity index (χ2n) is 7.79. The summed E-state index contributed by atoms with van der Waals surface area (Å²) in [5, 5.41) is 8.96. The molecule has 34 heavy (non-hydrogen) atoms. The fourth-order valence-electron chi connectivity index (χ4n) is 3.61. The number of amides is 1. The number of hydrogen-bond acceptors (Lipinski definition) is 7. The van der Waals surface area contributed by atoms with E-state index in [1.165, 1.54) is 42.6 Å². The Morgan fingerprint density at radius 1 is 1.03 bits per heavy atom. The molecule has 9 nitrogen and oxygen atoms in total. The molecule has 0 aliphatic carbocycles. The number of Topliss-reactive ketones (excluding diaryl/α,β-unsaturated/α-hetero) is 1. The van der Waals surface area contributed by atoms with Gasteiger partial charge in [-0.1, -0.05) is 12.1 Å². The van der Waals surface area contributed by atoms with Crippen LogP contribution in [0.25, 0.3) is 0 Å². The average Bonchev–Trinajstić information content (AvgIpc) is 2.86. The van der Waals surface area contributed by atoms with E-state index >= 15 is 0 Å². The molecule has 1 fully saturated rings. The van der Waals surface area contributed by atoms with E-state index in [9.17, 15) is 18.0 Å². The Morgan fingerprint density at radius 3 is 2.29 bits per heavy atom. The predicted molar refractivity (Wildman–Crippen MR) is 124 cm³/mol. The van der Waals surface area contributed by atoms with Crippen LogP contribution >= 0.6 is 0 Å². The number of nitriles is 1. The highest BCUT2D eigenvalue weighted by Crippen LogP contribution is 2.28. The van der Waals surface area contributed by atoms with E-state index in [2.05, 4.69) is 0 Å². The summed E-state index contributed by atoms with van der Waals surface area (Å²) in [4.78, 5) is 25.8. The summed E-state index contributed by atoms with van der Waals surface area (Å²) in [6.07, 6.45) is 0.765. The van der Waals surface area contributed by atoms with Gasteiger partial charge in [0.05, 0.1) is 30.2 Å². The fraction of sp³-hybridized carbons (Fsp3) is 0.375. The molecular formula is C24H27N3O6S. The molecule has 180 valence electrons. The number of hydrogen-bond donors (Lipinski definition) is 0. The van der Waals surface area contributed by atoms with Crippen LogP contribution in [0.5, 0.6) is 11.5 Å². The quantitative estimate of drug-likeness (QED) is 0.396. The van der Waals surface area contributed by atoms with E-state index in [4.69, 9.17) is 14.7 Å². The summed E-state index contributed by atoms with van der Waals surface area (Å²) in [5.74, 6) is 0.776. The van der Waals surface area contributed by atoms with Crippen LogP contribution in [0.1, 0.15) is 35.7 Å². The largest absolute Gasteiger partial charge is 0.493 e. The number of nitrogens with zero attached hydrogens (tertiary/aromatic N) is 3.